The van der Waals surface area contributed by atoms with Crippen molar-refractivity contribution in [3.05, 3.63) is 30.1 Å². The van der Waals surface area contributed by atoms with E-state index in [-0.39, 0.29) is 12.4 Å². The second-order valence-electron chi connectivity index (χ2n) is 3.91. The fourth-order valence-corrected chi connectivity index (χ4v) is 1.73. The van der Waals surface area contributed by atoms with E-state index in [9.17, 15) is 14.6 Å². The number of halogens is 1. The standard InChI is InChI=1S/C11H14FNO4/c12-6-1-3-7(4-2-6)13-11-10(16)9(15)8(5-14)17-11/h1-4,8-11,13-16H,5H2/t8-,9+,10+,11-/m0/s1. The van der Waals surface area contributed by atoms with E-state index in [1.807, 2.05) is 0 Å². The fraction of sp³-hybridized carbons (Fsp3) is 0.455. The maximum atomic E-state index is 12.7. The Morgan fingerprint density at radius 2 is 1.82 bits per heavy atom. The number of benzene rings is 1. The van der Waals surface area contributed by atoms with Crippen molar-refractivity contribution in [1.29, 1.82) is 0 Å². The topological polar surface area (TPSA) is 82.0 Å². The number of nitrogens with one attached hydrogen (secondary N) is 1. The Bertz CT molecular complexity index is 372. The minimum absolute atomic E-state index is 0.364. The van der Waals surface area contributed by atoms with Crippen LogP contribution < -0.4 is 5.32 Å². The lowest BCUT2D eigenvalue weighted by atomic mass is 10.1. The van der Waals surface area contributed by atoms with Gasteiger partial charge < -0.3 is 25.4 Å². The summed E-state index contributed by atoms with van der Waals surface area (Å²) in [5.74, 6) is -0.364. The van der Waals surface area contributed by atoms with Gasteiger partial charge in [0.15, 0.2) is 6.23 Å². The molecule has 2 rings (SSSR count). The zero-order chi connectivity index (χ0) is 12.4. The molecular weight excluding hydrogens is 229 g/mol. The van der Waals surface area contributed by atoms with Crippen LogP contribution in [0.2, 0.25) is 0 Å². The molecule has 0 radical (unpaired) electrons. The van der Waals surface area contributed by atoms with Gasteiger partial charge in [-0.05, 0) is 24.3 Å². The zero-order valence-electron chi connectivity index (χ0n) is 8.95. The van der Waals surface area contributed by atoms with Crippen LogP contribution in [0.15, 0.2) is 24.3 Å². The Morgan fingerprint density at radius 1 is 1.18 bits per heavy atom. The molecule has 5 nitrogen and oxygen atoms in total. The SMILES string of the molecule is OC[C@@H]1O[C@H](Nc2ccc(F)cc2)[C@H](O)[C@@H]1O. The molecule has 1 aliphatic heterocycles. The third-order valence-electron chi connectivity index (χ3n) is 2.70. The lowest BCUT2D eigenvalue weighted by Gasteiger charge is -2.17. The van der Waals surface area contributed by atoms with Crippen molar-refractivity contribution in [2.24, 2.45) is 0 Å². The van der Waals surface area contributed by atoms with Crippen molar-refractivity contribution in [3.8, 4) is 0 Å². The minimum Gasteiger partial charge on any atom is -0.394 e. The number of aliphatic hydroxyl groups is 3. The molecule has 94 valence electrons. The molecule has 1 fully saturated rings. The van der Waals surface area contributed by atoms with E-state index in [2.05, 4.69) is 5.32 Å². The molecule has 4 N–H and O–H groups in total. The number of hydrogen-bond donors (Lipinski definition) is 4. The zero-order valence-corrected chi connectivity index (χ0v) is 8.95. The number of hydrogen-bond acceptors (Lipinski definition) is 5. The van der Waals surface area contributed by atoms with E-state index in [0.29, 0.717) is 5.69 Å². The Balaban J connectivity index is 2.02. The van der Waals surface area contributed by atoms with E-state index in [0.717, 1.165) is 0 Å². The molecule has 1 heterocycles. The molecule has 0 spiro atoms. The summed E-state index contributed by atoms with van der Waals surface area (Å²) in [5.41, 5.74) is 0.557. The fourth-order valence-electron chi connectivity index (χ4n) is 1.73. The van der Waals surface area contributed by atoms with E-state index in [1.165, 1.54) is 24.3 Å². The Hall–Kier alpha value is -1.21. The van der Waals surface area contributed by atoms with E-state index in [1.54, 1.807) is 0 Å². The molecule has 1 saturated heterocycles. The molecule has 1 aromatic carbocycles. The van der Waals surface area contributed by atoms with Crippen LogP contribution in [-0.4, -0.2) is 46.5 Å². The predicted molar refractivity (Wildman–Crippen MR) is 57.8 cm³/mol. The molecule has 0 amide bonds. The van der Waals surface area contributed by atoms with Crippen molar-refractivity contribution >= 4 is 5.69 Å². The third kappa shape index (κ3) is 2.55. The summed E-state index contributed by atoms with van der Waals surface area (Å²) in [6, 6.07) is 5.52. The summed E-state index contributed by atoms with van der Waals surface area (Å²) in [5, 5.41) is 30.9. The molecule has 0 aromatic heterocycles. The van der Waals surface area contributed by atoms with Gasteiger partial charge in [0, 0.05) is 5.69 Å². The average molecular weight is 243 g/mol. The molecule has 17 heavy (non-hydrogen) atoms. The van der Waals surface area contributed by atoms with Crippen molar-refractivity contribution in [2.75, 3.05) is 11.9 Å². The Kier molecular flexibility index (Phi) is 3.58. The van der Waals surface area contributed by atoms with Gasteiger partial charge in [0.25, 0.3) is 0 Å². The van der Waals surface area contributed by atoms with Crippen molar-refractivity contribution in [3.63, 3.8) is 0 Å². The second kappa shape index (κ2) is 4.97. The first-order valence-corrected chi connectivity index (χ1v) is 5.26. The van der Waals surface area contributed by atoms with Crippen LogP contribution in [0.1, 0.15) is 0 Å². The largest absolute Gasteiger partial charge is 0.394 e. The highest BCUT2D eigenvalue weighted by Gasteiger charge is 2.42. The number of anilines is 1. The molecular formula is C11H14FNO4. The molecule has 0 unspecified atom stereocenters. The van der Waals surface area contributed by atoms with Crippen LogP contribution in [0.5, 0.6) is 0 Å². The van der Waals surface area contributed by atoms with Gasteiger partial charge in [-0.25, -0.2) is 4.39 Å². The van der Waals surface area contributed by atoms with E-state index >= 15 is 0 Å². The predicted octanol–water partition coefficient (Wildman–Crippen LogP) is -0.323. The highest BCUT2D eigenvalue weighted by atomic mass is 19.1. The molecule has 0 bridgehead atoms. The van der Waals surface area contributed by atoms with Gasteiger partial charge in [-0.2, -0.15) is 0 Å². The summed E-state index contributed by atoms with van der Waals surface area (Å²) in [6.07, 6.45) is -3.93. The van der Waals surface area contributed by atoms with Gasteiger partial charge >= 0.3 is 0 Å². The molecule has 0 aliphatic carbocycles. The lowest BCUT2D eigenvalue weighted by Crippen LogP contribution is -2.36. The normalized spacial score (nSPS) is 32.7. The van der Waals surface area contributed by atoms with Crippen molar-refractivity contribution < 1.29 is 24.4 Å². The van der Waals surface area contributed by atoms with Crippen LogP contribution in [0.3, 0.4) is 0 Å². The maximum Gasteiger partial charge on any atom is 0.157 e. The molecule has 1 aromatic rings. The van der Waals surface area contributed by atoms with E-state index < -0.39 is 24.5 Å². The van der Waals surface area contributed by atoms with E-state index in [4.69, 9.17) is 9.84 Å². The number of aliphatic hydroxyl groups excluding tert-OH is 3. The average Bonchev–Trinajstić information content (AvgIpc) is 2.60. The van der Waals surface area contributed by atoms with Crippen LogP contribution in [0.25, 0.3) is 0 Å². The molecule has 1 aliphatic rings. The summed E-state index contributed by atoms with van der Waals surface area (Å²) in [7, 11) is 0. The molecule has 6 heteroatoms. The second-order valence-corrected chi connectivity index (χ2v) is 3.91. The van der Waals surface area contributed by atoms with Gasteiger partial charge in [-0.15, -0.1) is 0 Å². The first-order chi connectivity index (χ1) is 8.11. The van der Waals surface area contributed by atoms with Gasteiger partial charge in [-0.1, -0.05) is 0 Å². The molecule has 4 atom stereocenters. The van der Waals surface area contributed by atoms with Gasteiger partial charge in [-0.3, -0.25) is 0 Å². The highest BCUT2D eigenvalue weighted by Crippen LogP contribution is 2.22. The van der Waals surface area contributed by atoms with Gasteiger partial charge in [0.1, 0.15) is 24.1 Å². The quantitative estimate of drug-likeness (QED) is 0.585. The summed E-state index contributed by atoms with van der Waals surface area (Å²) in [6.45, 7) is -0.375. The van der Waals surface area contributed by atoms with Crippen LogP contribution in [0.4, 0.5) is 10.1 Å². The summed E-state index contributed by atoms with van der Waals surface area (Å²) in [4.78, 5) is 0. The van der Waals surface area contributed by atoms with Crippen LogP contribution >= 0.6 is 0 Å². The number of ether oxygens (including phenoxy) is 1. The number of rotatable bonds is 3. The molecule has 0 saturated carbocycles. The van der Waals surface area contributed by atoms with Crippen molar-refractivity contribution in [2.45, 2.75) is 24.5 Å². The summed E-state index contributed by atoms with van der Waals surface area (Å²) < 4.78 is 17.9. The minimum atomic E-state index is -1.14. The van der Waals surface area contributed by atoms with Gasteiger partial charge in [0.2, 0.25) is 0 Å². The smallest absolute Gasteiger partial charge is 0.157 e. The lowest BCUT2D eigenvalue weighted by molar-refractivity contribution is -0.0153. The first-order valence-electron chi connectivity index (χ1n) is 5.26. The Morgan fingerprint density at radius 3 is 2.35 bits per heavy atom. The van der Waals surface area contributed by atoms with Crippen molar-refractivity contribution in [1.82, 2.24) is 0 Å². The van der Waals surface area contributed by atoms with Crippen LogP contribution in [0, 0.1) is 5.82 Å². The maximum absolute atomic E-state index is 12.7. The first kappa shape index (κ1) is 12.3. The summed E-state index contributed by atoms with van der Waals surface area (Å²) >= 11 is 0. The Labute approximate surface area is 97.5 Å². The highest BCUT2D eigenvalue weighted by molar-refractivity contribution is 5.43. The van der Waals surface area contributed by atoms with Crippen LogP contribution in [-0.2, 0) is 4.74 Å². The monoisotopic (exact) mass is 243 g/mol. The third-order valence-corrected chi connectivity index (χ3v) is 2.70. The van der Waals surface area contributed by atoms with Gasteiger partial charge in [0.05, 0.1) is 6.61 Å².